The van der Waals surface area contributed by atoms with E-state index in [-0.39, 0.29) is 0 Å². The fraction of sp³-hybridized carbons (Fsp3) is 0.200. The van der Waals surface area contributed by atoms with Gasteiger partial charge in [-0.1, -0.05) is 47.7 Å². The topological polar surface area (TPSA) is 47.0 Å². The molecule has 0 bridgehead atoms. The van der Waals surface area contributed by atoms with E-state index in [1.807, 2.05) is 42.5 Å². The van der Waals surface area contributed by atoms with Gasteiger partial charge in [-0.25, -0.2) is 9.97 Å². The van der Waals surface area contributed by atoms with Gasteiger partial charge in [0.25, 0.3) is 0 Å². The zero-order valence-corrected chi connectivity index (χ0v) is 14.7. The van der Waals surface area contributed by atoms with E-state index in [0.717, 1.165) is 27.8 Å². The van der Waals surface area contributed by atoms with Crippen molar-refractivity contribution in [3.8, 4) is 11.8 Å². The molecule has 1 N–H and O–H groups in total. The minimum atomic E-state index is 0.564. The van der Waals surface area contributed by atoms with Crippen molar-refractivity contribution < 1.29 is 4.74 Å². The van der Waals surface area contributed by atoms with Gasteiger partial charge in [-0.3, -0.25) is 0 Å². The molecule has 0 fully saturated rings. The number of hydrogen-bond acceptors (Lipinski definition) is 4. The average molecular weight is 352 g/mol. The van der Waals surface area contributed by atoms with Gasteiger partial charge in [0, 0.05) is 25.6 Å². The lowest BCUT2D eigenvalue weighted by molar-refractivity contribution is 0.184. The third-order valence-corrected chi connectivity index (χ3v) is 4.01. The lowest BCUT2D eigenvalue weighted by Crippen LogP contribution is -2.03. The van der Waals surface area contributed by atoms with Gasteiger partial charge in [-0.05, 0) is 23.8 Å². The summed E-state index contributed by atoms with van der Waals surface area (Å²) < 4.78 is 5.20. The predicted octanol–water partition coefficient (Wildman–Crippen LogP) is 4.28. The van der Waals surface area contributed by atoms with Crippen molar-refractivity contribution in [2.24, 2.45) is 0 Å². The molecule has 0 aliphatic carbocycles. The summed E-state index contributed by atoms with van der Waals surface area (Å²) in [4.78, 5) is 8.53. The Bertz CT molecular complexity index is 926. The summed E-state index contributed by atoms with van der Waals surface area (Å²) in [5.41, 5.74) is 2.92. The van der Waals surface area contributed by atoms with Crippen molar-refractivity contribution in [1.82, 2.24) is 9.97 Å². The molecule has 0 saturated carbocycles. The highest BCUT2D eigenvalue weighted by Gasteiger charge is 2.06. The Morgan fingerprint density at radius 3 is 2.88 bits per heavy atom. The largest absolute Gasteiger partial charge is 0.380 e. The number of aromatic nitrogens is 2. The fourth-order valence-corrected chi connectivity index (χ4v) is 2.79. The number of hydrogen-bond donors (Lipinski definition) is 1. The first-order chi connectivity index (χ1) is 12.3. The van der Waals surface area contributed by atoms with Crippen LogP contribution in [-0.2, 0) is 11.3 Å². The van der Waals surface area contributed by atoms with Crippen molar-refractivity contribution >= 4 is 28.3 Å². The van der Waals surface area contributed by atoms with Gasteiger partial charge in [0.15, 0.2) is 0 Å². The molecular weight excluding hydrogens is 334 g/mol. The zero-order chi connectivity index (χ0) is 17.5. The van der Waals surface area contributed by atoms with Crippen molar-refractivity contribution in [2.75, 3.05) is 19.0 Å². The predicted molar refractivity (Wildman–Crippen MR) is 102 cm³/mol. The van der Waals surface area contributed by atoms with Gasteiger partial charge in [0.05, 0.1) is 22.5 Å². The van der Waals surface area contributed by atoms with Crippen LogP contribution in [0.25, 0.3) is 10.9 Å². The van der Waals surface area contributed by atoms with Crippen LogP contribution in [-0.4, -0.2) is 23.6 Å². The van der Waals surface area contributed by atoms with Gasteiger partial charge < -0.3 is 10.1 Å². The van der Waals surface area contributed by atoms with Crippen LogP contribution in [0.5, 0.6) is 0 Å². The van der Waals surface area contributed by atoms with Gasteiger partial charge in [-0.15, -0.1) is 0 Å². The van der Waals surface area contributed by atoms with Gasteiger partial charge in [0.1, 0.15) is 12.1 Å². The first-order valence-corrected chi connectivity index (χ1v) is 8.36. The van der Waals surface area contributed by atoms with Crippen molar-refractivity contribution in [3.05, 3.63) is 64.9 Å². The average Bonchev–Trinajstić information content (AvgIpc) is 2.63. The Labute approximate surface area is 152 Å². The normalized spacial score (nSPS) is 10.3. The van der Waals surface area contributed by atoms with Gasteiger partial charge in [-0.2, -0.15) is 0 Å². The molecule has 0 amide bonds. The van der Waals surface area contributed by atoms with Crippen molar-refractivity contribution in [3.63, 3.8) is 0 Å². The maximum absolute atomic E-state index is 6.27. The monoisotopic (exact) mass is 351 g/mol. The van der Waals surface area contributed by atoms with E-state index < -0.39 is 0 Å². The lowest BCUT2D eigenvalue weighted by atomic mass is 10.1. The second kappa shape index (κ2) is 8.48. The molecule has 0 aliphatic rings. The molecule has 0 atom stereocenters. The molecule has 3 rings (SSSR count). The zero-order valence-electron chi connectivity index (χ0n) is 13.9. The van der Waals surface area contributed by atoms with Gasteiger partial charge >= 0.3 is 0 Å². The SMILES string of the molecule is COCc1ccccc1C#CCCNc1ncnc2cccc(Cl)c12. The van der Waals surface area contributed by atoms with Gasteiger partial charge in [0.2, 0.25) is 0 Å². The smallest absolute Gasteiger partial charge is 0.138 e. The second-order valence-electron chi connectivity index (χ2n) is 5.42. The number of ether oxygens (including phenoxy) is 1. The van der Waals surface area contributed by atoms with E-state index in [2.05, 4.69) is 27.1 Å². The third-order valence-electron chi connectivity index (χ3n) is 3.69. The van der Waals surface area contributed by atoms with Crippen LogP contribution in [0.2, 0.25) is 5.02 Å². The number of benzene rings is 2. The van der Waals surface area contributed by atoms with Crippen molar-refractivity contribution in [1.29, 1.82) is 0 Å². The lowest BCUT2D eigenvalue weighted by Gasteiger charge is -2.07. The molecular formula is C20H18ClN3O. The molecule has 0 unspecified atom stereocenters. The summed E-state index contributed by atoms with van der Waals surface area (Å²) in [5.74, 6) is 7.13. The number of anilines is 1. The third kappa shape index (κ3) is 4.27. The van der Waals surface area contributed by atoms with E-state index in [0.29, 0.717) is 24.6 Å². The van der Waals surface area contributed by atoms with E-state index >= 15 is 0 Å². The summed E-state index contributed by atoms with van der Waals surface area (Å²) in [6.45, 7) is 1.24. The molecule has 1 aromatic heterocycles. The summed E-state index contributed by atoms with van der Waals surface area (Å²) in [6.07, 6.45) is 2.23. The van der Waals surface area contributed by atoms with E-state index in [1.165, 1.54) is 6.33 Å². The quantitative estimate of drug-likeness (QED) is 0.550. The molecule has 126 valence electrons. The molecule has 25 heavy (non-hydrogen) atoms. The number of halogens is 1. The second-order valence-corrected chi connectivity index (χ2v) is 5.83. The Kier molecular flexibility index (Phi) is 5.84. The van der Waals surface area contributed by atoms with Crippen molar-refractivity contribution in [2.45, 2.75) is 13.0 Å². The minimum absolute atomic E-state index is 0.564. The first-order valence-electron chi connectivity index (χ1n) is 7.98. The molecule has 3 aromatic rings. The summed E-state index contributed by atoms with van der Waals surface area (Å²) in [5, 5.41) is 4.77. The fourth-order valence-electron chi connectivity index (χ4n) is 2.53. The molecule has 0 aliphatic heterocycles. The highest BCUT2D eigenvalue weighted by molar-refractivity contribution is 6.36. The van der Waals surface area contributed by atoms with Crippen LogP contribution < -0.4 is 5.32 Å². The molecule has 1 heterocycles. The summed E-state index contributed by atoms with van der Waals surface area (Å²) in [7, 11) is 1.69. The molecule has 5 heteroatoms. The number of fused-ring (bicyclic) bond motifs is 1. The molecule has 0 saturated heterocycles. The number of rotatable bonds is 5. The highest BCUT2D eigenvalue weighted by atomic mass is 35.5. The standard InChI is InChI=1S/C20H18ClN3O/c1-25-13-16-9-3-2-7-15(16)8-4-5-12-22-20-19-17(21)10-6-11-18(19)23-14-24-20/h2-3,6-7,9-11,14H,5,12-13H2,1H3,(H,22,23,24). The molecule has 2 aromatic carbocycles. The Hall–Kier alpha value is -2.61. The van der Waals surface area contributed by atoms with E-state index in [4.69, 9.17) is 16.3 Å². The maximum atomic E-state index is 6.27. The van der Waals surface area contributed by atoms with Crippen LogP contribution in [0.4, 0.5) is 5.82 Å². The Morgan fingerprint density at radius 2 is 2.00 bits per heavy atom. The highest BCUT2D eigenvalue weighted by Crippen LogP contribution is 2.27. The minimum Gasteiger partial charge on any atom is -0.380 e. The Balaban J connectivity index is 1.66. The first kappa shape index (κ1) is 17.2. The van der Waals surface area contributed by atoms with Crippen LogP contribution in [0.3, 0.4) is 0 Å². The van der Waals surface area contributed by atoms with Crippen LogP contribution in [0, 0.1) is 11.8 Å². The summed E-state index contributed by atoms with van der Waals surface area (Å²) in [6, 6.07) is 13.6. The molecule has 4 nitrogen and oxygen atoms in total. The van der Waals surface area contributed by atoms with Crippen LogP contribution in [0.1, 0.15) is 17.5 Å². The number of nitrogens with zero attached hydrogens (tertiary/aromatic N) is 2. The molecule has 0 radical (unpaired) electrons. The Morgan fingerprint density at radius 1 is 1.12 bits per heavy atom. The van der Waals surface area contributed by atoms with E-state index in [9.17, 15) is 0 Å². The summed E-state index contributed by atoms with van der Waals surface area (Å²) >= 11 is 6.27. The van der Waals surface area contributed by atoms with E-state index in [1.54, 1.807) is 7.11 Å². The number of methoxy groups -OCH3 is 1. The maximum Gasteiger partial charge on any atom is 0.138 e. The number of nitrogens with one attached hydrogen (secondary N) is 1. The van der Waals surface area contributed by atoms with Crippen LogP contribution >= 0.6 is 11.6 Å². The van der Waals surface area contributed by atoms with Crippen LogP contribution in [0.15, 0.2) is 48.8 Å². The molecule has 0 spiro atoms.